The second-order valence-electron chi connectivity index (χ2n) is 5.56. The van der Waals surface area contributed by atoms with Crippen molar-refractivity contribution in [2.45, 2.75) is 24.8 Å². The van der Waals surface area contributed by atoms with Gasteiger partial charge in [0.05, 0.1) is 16.0 Å². The molecule has 2 rings (SSSR count). The second kappa shape index (κ2) is 5.74. The molecule has 124 valence electrons. The van der Waals surface area contributed by atoms with Gasteiger partial charge in [-0.1, -0.05) is 13.8 Å². The number of amides is 2. The van der Waals surface area contributed by atoms with E-state index in [9.17, 15) is 22.8 Å². The smallest absolute Gasteiger partial charge is 0.322 e. The van der Waals surface area contributed by atoms with E-state index in [1.165, 1.54) is 19.2 Å². The lowest BCUT2D eigenvalue weighted by molar-refractivity contribution is -0.140. The van der Waals surface area contributed by atoms with E-state index in [1.54, 1.807) is 13.8 Å². The molecule has 1 atom stereocenters. The number of fused-ring (bicyclic) bond motifs is 1. The SMILES string of the molecule is CC(C)[C@@H](NS(=O)(=O)c1ccc2c(c1)C(=O)N(C)C2=O)C(=O)O. The number of rotatable bonds is 5. The highest BCUT2D eigenvalue weighted by Crippen LogP contribution is 2.24. The van der Waals surface area contributed by atoms with Crippen LogP contribution in [0.5, 0.6) is 0 Å². The number of carbonyl (C=O) groups is 3. The van der Waals surface area contributed by atoms with Crippen LogP contribution in [0.15, 0.2) is 23.1 Å². The molecule has 9 heteroatoms. The van der Waals surface area contributed by atoms with Crippen molar-refractivity contribution < 1.29 is 27.9 Å². The van der Waals surface area contributed by atoms with Crippen molar-refractivity contribution in [3.05, 3.63) is 29.3 Å². The summed E-state index contributed by atoms with van der Waals surface area (Å²) in [4.78, 5) is 35.5. The number of carboxylic acids is 1. The van der Waals surface area contributed by atoms with Crippen molar-refractivity contribution in [2.24, 2.45) is 5.92 Å². The van der Waals surface area contributed by atoms with Crippen LogP contribution in [-0.2, 0) is 14.8 Å². The van der Waals surface area contributed by atoms with Crippen LogP contribution >= 0.6 is 0 Å². The maximum atomic E-state index is 12.3. The average Bonchev–Trinajstić information content (AvgIpc) is 2.69. The van der Waals surface area contributed by atoms with Gasteiger partial charge in [-0.15, -0.1) is 0 Å². The summed E-state index contributed by atoms with van der Waals surface area (Å²) in [6.07, 6.45) is 0. The van der Waals surface area contributed by atoms with E-state index in [0.29, 0.717) is 0 Å². The predicted octanol–water partition coefficient (Wildman–Crippen LogP) is 0.300. The Labute approximate surface area is 133 Å². The van der Waals surface area contributed by atoms with Gasteiger partial charge in [-0.05, 0) is 24.1 Å². The van der Waals surface area contributed by atoms with Crippen LogP contribution in [0, 0.1) is 5.92 Å². The number of sulfonamides is 1. The molecule has 0 unspecified atom stereocenters. The van der Waals surface area contributed by atoms with Crippen molar-refractivity contribution in [2.75, 3.05) is 7.05 Å². The second-order valence-corrected chi connectivity index (χ2v) is 7.27. The van der Waals surface area contributed by atoms with Crippen LogP contribution in [0.25, 0.3) is 0 Å². The number of benzene rings is 1. The Morgan fingerprint density at radius 1 is 1.17 bits per heavy atom. The highest BCUT2D eigenvalue weighted by atomic mass is 32.2. The Kier molecular flexibility index (Phi) is 4.27. The molecule has 2 N–H and O–H groups in total. The van der Waals surface area contributed by atoms with Crippen LogP contribution < -0.4 is 4.72 Å². The summed E-state index contributed by atoms with van der Waals surface area (Å²) in [5.74, 6) is -2.87. The third-order valence-electron chi connectivity index (χ3n) is 3.59. The zero-order valence-corrected chi connectivity index (χ0v) is 13.5. The molecule has 1 heterocycles. The summed E-state index contributed by atoms with van der Waals surface area (Å²) in [5.41, 5.74) is 0.104. The molecule has 2 amide bonds. The molecule has 1 aliphatic heterocycles. The Morgan fingerprint density at radius 2 is 1.74 bits per heavy atom. The van der Waals surface area contributed by atoms with Gasteiger partial charge in [-0.3, -0.25) is 19.3 Å². The van der Waals surface area contributed by atoms with Crippen molar-refractivity contribution in [1.82, 2.24) is 9.62 Å². The summed E-state index contributed by atoms with van der Waals surface area (Å²) < 4.78 is 26.8. The number of imide groups is 1. The molecular formula is C14H16N2O6S. The van der Waals surface area contributed by atoms with Gasteiger partial charge in [0.1, 0.15) is 6.04 Å². The van der Waals surface area contributed by atoms with Gasteiger partial charge in [0.15, 0.2) is 0 Å². The number of nitrogens with zero attached hydrogens (tertiary/aromatic N) is 1. The van der Waals surface area contributed by atoms with Crippen molar-refractivity contribution in [3.8, 4) is 0 Å². The summed E-state index contributed by atoms with van der Waals surface area (Å²) in [6.45, 7) is 3.14. The van der Waals surface area contributed by atoms with Gasteiger partial charge < -0.3 is 5.11 Å². The fourth-order valence-corrected chi connectivity index (χ4v) is 3.58. The number of hydrogen-bond acceptors (Lipinski definition) is 5. The Morgan fingerprint density at radius 3 is 2.26 bits per heavy atom. The van der Waals surface area contributed by atoms with E-state index < -0.39 is 39.8 Å². The predicted molar refractivity (Wildman–Crippen MR) is 79.4 cm³/mol. The molecule has 1 aromatic carbocycles. The molecule has 1 aromatic rings. The molecule has 23 heavy (non-hydrogen) atoms. The van der Waals surface area contributed by atoms with Gasteiger partial charge in [-0.25, -0.2) is 8.42 Å². The first-order valence-corrected chi connectivity index (χ1v) is 8.26. The minimum Gasteiger partial charge on any atom is -0.480 e. The highest BCUT2D eigenvalue weighted by Gasteiger charge is 2.35. The first-order valence-electron chi connectivity index (χ1n) is 6.78. The molecule has 0 radical (unpaired) electrons. The van der Waals surface area contributed by atoms with E-state index in [-0.39, 0.29) is 16.0 Å². The van der Waals surface area contributed by atoms with E-state index in [1.807, 2.05) is 0 Å². The van der Waals surface area contributed by atoms with Crippen LogP contribution in [0.4, 0.5) is 0 Å². The molecule has 8 nitrogen and oxygen atoms in total. The standard InChI is InChI=1S/C14H16N2O6S/c1-7(2)11(14(19)20)15-23(21,22)8-4-5-9-10(6-8)13(18)16(3)12(9)17/h4-7,11,15H,1-3H3,(H,19,20)/t11-/m1/s1. The summed E-state index contributed by atoms with van der Waals surface area (Å²) in [7, 11) is -2.84. The van der Waals surface area contributed by atoms with Crippen LogP contribution in [-0.4, -0.2) is 49.3 Å². The minimum atomic E-state index is -4.14. The Hall–Kier alpha value is -2.26. The third kappa shape index (κ3) is 2.97. The number of hydrogen-bond donors (Lipinski definition) is 2. The monoisotopic (exact) mass is 340 g/mol. The Bertz CT molecular complexity index is 799. The molecule has 0 aromatic heterocycles. The topological polar surface area (TPSA) is 121 Å². The molecule has 0 fully saturated rings. The number of carbonyl (C=O) groups excluding carboxylic acids is 2. The lowest BCUT2D eigenvalue weighted by Gasteiger charge is -2.18. The molecule has 1 aliphatic rings. The summed E-state index contributed by atoms with van der Waals surface area (Å²) >= 11 is 0. The van der Waals surface area contributed by atoms with Crippen molar-refractivity contribution in [1.29, 1.82) is 0 Å². The fourth-order valence-electron chi connectivity index (χ4n) is 2.21. The fraction of sp³-hybridized carbons (Fsp3) is 0.357. The van der Waals surface area contributed by atoms with Crippen LogP contribution in [0.1, 0.15) is 34.6 Å². The number of aliphatic carboxylic acids is 1. The molecular weight excluding hydrogens is 324 g/mol. The number of nitrogens with one attached hydrogen (secondary N) is 1. The minimum absolute atomic E-state index is 0.0169. The zero-order valence-electron chi connectivity index (χ0n) is 12.7. The maximum Gasteiger partial charge on any atom is 0.322 e. The van der Waals surface area contributed by atoms with Gasteiger partial charge in [-0.2, -0.15) is 4.72 Å². The molecule has 0 aliphatic carbocycles. The highest BCUT2D eigenvalue weighted by molar-refractivity contribution is 7.89. The Balaban J connectivity index is 2.42. The quantitative estimate of drug-likeness (QED) is 0.744. The first-order chi connectivity index (χ1) is 10.6. The van der Waals surface area contributed by atoms with Gasteiger partial charge in [0.2, 0.25) is 10.0 Å². The molecule has 0 saturated heterocycles. The largest absolute Gasteiger partial charge is 0.480 e. The lowest BCUT2D eigenvalue weighted by Crippen LogP contribution is -2.44. The summed E-state index contributed by atoms with van der Waals surface area (Å²) in [5, 5.41) is 9.09. The van der Waals surface area contributed by atoms with E-state index in [4.69, 9.17) is 5.11 Å². The van der Waals surface area contributed by atoms with E-state index in [2.05, 4.69) is 4.72 Å². The normalized spacial score (nSPS) is 15.9. The lowest BCUT2D eigenvalue weighted by atomic mass is 10.1. The van der Waals surface area contributed by atoms with Crippen molar-refractivity contribution in [3.63, 3.8) is 0 Å². The van der Waals surface area contributed by atoms with Crippen LogP contribution in [0.3, 0.4) is 0 Å². The molecule has 0 spiro atoms. The summed E-state index contributed by atoms with van der Waals surface area (Å²) in [6, 6.07) is 2.21. The average molecular weight is 340 g/mol. The molecule has 0 bridgehead atoms. The van der Waals surface area contributed by atoms with Crippen LogP contribution in [0.2, 0.25) is 0 Å². The number of carboxylic acid groups (broad SMARTS) is 1. The van der Waals surface area contributed by atoms with E-state index in [0.717, 1.165) is 11.0 Å². The zero-order chi connectivity index (χ0) is 17.5. The van der Waals surface area contributed by atoms with Gasteiger partial charge >= 0.3 is 5.97 Å². The van der Waals surface area contributed by atoms with Gasteiger partial charge in [0.25, 0.3) is 11.8 Å². The molecule has 0 saturated carbocycles. The van der Waals surface area contributed by atoms with E-state index >= 15 is 0 Å². The van der Waals surface area contributed by atoms with Gasteiger partial charge in [0, 0.05) is 7.05 Å². The maximum absolute atomic E-state index is 12.3. The van der Waals surface area contributed by atoms with Crippen molar-refractivity contribution >= 4 is 27.8 Å². The third-order valence-corrected chi connectivity index (χ3v) is 5.03. The first kappa shape index (κ1) is 17.1.